The van der Waals surface area contributed by atoms with Crippen molar-refractivity contribution in [3.05, 3.63) is 60.1 Å². The second-order valence-electron chi connectivity index (χ2n) is 7.88. The van der Waals surface area contributed by atoms with E-state index in [0.717, 1.165) is 16.8 Å². The standard InChI is InChI=1S/C23H24N4O3/c1-15(2)21-20(17-4-8-29-13-17)10-19(11-24)22(25-21)26-6-7-27(16(3)12-26)23(28)18-5-9-30-14-18/h4-5,8-10,13-16H,6-7,12H2,1-3H3. The van der Waals surface area contributed by atoms with Crippen molar-refractivity contribution < 1.29 is 13.6 Å². The lowest BCUT2D eigenvalue weighted by atomic mass is 9.97. The smallest absolute Gasteiger partial charge is 0.257 e. The van der Waals surface area contributed by atoms with E-state index in [2.05, 4.69) is 24.8 Å². The lowest BCUT2D eigenvalue weighted by Gasteiger charge is -2.40. The van der Waals surface area contributed by atoms with Gasteiger partial charge in [-0.05, 0) is 31.0 Å². The SMILES string of the molecule is CC(C)c1nc(N2CCN(C(=O)c3ccoc3)C(C)C2)c(C#N)cc1-c1ccoc1. The van der Waals surface area contributed by atoms with Crippen LogP contribution in [-0.4, -0.2) is 41.5 Å². The Kier molecular flexibility index (Phi) is 5.32. The number of hydrogen-bond donors (Lipinski definition) is 0. The maximum absolute atomic E-state index is 12.7. The first-order chi connectivity index (χ1) is 14.5. The van der Waals surface area contributed by atoms with Crippen LogP contribution in [0.25, 0.3) is 11.1 Å². The fourth-order valence-electron chi connectivity index (χ4n) is 3.93. The Morgan fingerprint density at radius 2 is 2.00 bits per heavy atom. The number of rotatable bonds is 4. The molecule has 0 aromatic carbocycles. The number of amides is 1. The van der Waals surface area contributed by atoms with Gasteiger partial charge in [0.25, 0.3) is 5.91 Å². The van der Waals surface area contributed by atoms with Gasteiger partial charge in [0.15, 0.2) is 0 Å². The molecule has 3 aromatic heterocycles. The molecule has 0 aliphatic carbocycles. The molecule has 4 rings (SSSR count). The molecule has 1 amide bonds. The van der Waals surface area contributed by atoms with E-state index in [4.69, 9.17) is 13.8 Å². The molecule has 7 heteroatoms. The summed E-state index contributed by atoms with van der Waals surface area (Å²) in [5.74, 6) is 0.820. The fourth-order valence-corrected chi connectivity index (χ4v) is 3.93. The fraction of sp³-hybridized carbons (Fsp3) is 0.348. The molecule has 1 atom stereocenters. The van der Waals surface area contributed by atoms with E-state index in [1.54, 1.807) is 18.6 Å². The second-order valence-corrected chi connectivity index (χ2v) is 7.88. The van der Waals surface area contributed by atoms with Gasteiger partial charge in [-0.2, -0.15) is 5.26 Å². The molecule has 0 spiro atoms. The zero-order valence-electron chi connectivity index (χ0n) is 17.3. The maximum atomic E-state index is 12.7. The van der Waals surface area contributed by atoms with Crippen LogP contribution in [0.4, 0.5) is 5.82 Å². The van der Waals surface area contributed by atoms with Crippen molar-refractivity contribution in [3.8, 4) is 17.2 Å². The molecule has 1 unspecified atom stereocenters. The maximum Gasteiger partial charge on any atom is 0.257 e. The summed E-state index contributed by atoms with van der Waals surface area (Å²) in [6.07, 6.45) is 6.27. The summed E-state index contributed by atoms with van der Waals surface area (Å²) >= 11 is 0. The molecule has 1 fully saturated rings. The lowest BCUT2D eigenvalue weighted by molar-refractivity contribution is 0.0673. The Balaban J connectivity index is 1.64. The van der Waals surface area contributed by atoms with E-state index >= 15 is 0 Å². The number of aromatic nitrogens is 1. The topological polar surface area (TPSA) is 86.5 Å². The number of furan rings is 2. The first-order valence-electron chi connectivity index (χ1n) is 10.0. The highest BCUT2D eigenvalue weighted by Gasteiger charge is 2.31. The Morgan fingerprint density at radius 3 is 2.60 bits per heavy atom. The zero-order valence-corrected chi connectivity index (χ0v) is 17.3. The highest BCUT2D eigenvalue weighted by molar-refractivity contribution is 5.94. The van der Waals surface area contributed by atoms with Crippen LogP contribution in [0.5, 0.6) is 0 Å². The van der Waals surface area contributed by atoms with Crippen molar-refractivity contribution in [1.82, 2.24) is 9.88 Å². The van der Waals surface area contributed by atoms with E-state index in [-0.39, 0.29) is 17.9 Å². The highest BCUT2D eigenvalue weighted by atomic mass is 16.3. The third kappa shape index (κ3) is 3.57. The van der Waals surface area contributed by atoms with Crippen LogP contribution in [0.1, 0.15) is 48.3 Å². The first-order valence-corrected chi connectivity index (χ1v) is 10.0. The van der Waals surface area contributed by atoms with Crippen LogP contribution in [-0.2, 0) is 0 Å². The number of pyridine rings is 1. The summed E-state index contributed by atoms with van der Waals surface area (Å²) in [6, 6.07) is 7.74. The summed E-state index contributed by atoms with van der Waals surface area (Å²) in [4.78, 5) is 21.6. The largest absolute Gasteiger partial charge is 0.472 e. The molecule has 0 bridgehead atoms. The van der Waals surface area contributed by atoms with Gasteiger partial charge < -0.3 is 18.6 Å². The van der Waals surface area contributed by atoms with Gasteiger partial charge in [-0.1, -0.05) is 13.8 Å². The summed E-state index contributed by atoms with van der Waals surface area (Å²) in [7, 11) is 0. The van der Waals surface area contributed by atoms with E-state index in [1.165, 1.54) is 12.5 Å². The van der Waals surface area contributed by atoms with Crippen molar-refractivity contribution in [2.24, 2.45) is 0 Å². The Morgan fingerprint density at radius 1 is 1.23 bits per heavy atom. The molecular weight excluding hydrogens is 380 g/mol. The van der Waals surface area contributed by atoms with Crippen molar-refractivity contribution in [2.45, 2.75) is 32.7 Å². The molecule has 154 valence electrons. The summed E-state index contributed by atoms with van der Waals surface area (Å²) in [6.45, 7) is 7.96. The van der Waals surface area contributed by atoms with Gasteiger partial charge in [0.2, 0.25) is 0 Å². The minimum atomic E-state index is -0.0393. The molecule has 1 saturated heterocycles. The monoisotopic (exact) mass is 404 g/mol. The average molecular weight is 404 g/mol. The second kappa shape index (κ2) is 8.07. The number of carbonyl (C=O) groups is 1. The average Bonchev–Trinajstić information content (AvgIpc) is 3.46. The molecule has 30 heavy (non-hydrogen) atoms. The Bertz CT molecular complexity index is 1060. The number of nitriles is 1. The lowest BCUT2D eigenvalue weighted by Crippen LogP contribution is -2.54. The van der Waals surface area contributed by atoms with Crippen LogP contribution < -0.4 is 4.90 Å². The van der Waals surface area contributed by atoms with Crippen LogP contribution in [0, 0.1) is 11.3 Å². The van der Waals surface area contributed by atoms with Crippen molar-refractivity contribution in [3.63, 3.8) is 0 Å². The minimum Gasteiger partial charge on any atom is -0.472 e. The quantitative estimate of drug-likeness (QED) is 0.645. The van der Waals surface area contributed by atoms with E-state index in [0.29, 0.717) is 36.6 Å². The van der Waals surface area contributed by atoms with Crippen LogP contribution in [0.2, 0.25) is 0 Å². The van der Waals surface area contributed by atoms with Crippen LogP contribution in [0.3, 0.4) is 0 Å². The zero-order chi connectivity index (χ0) is 21.3. The Labute approximate surface area is 175 Å². The van der Waals surface area contributed by atoms with Crippen LogP contribution in [0.15, 0.2) is 52.1 Å². The third-order valence-electron chi connectivity index (χ3n) is 5.49. The van der Waals surface area contributed by atoms with Gasteiger partial charge in [-0.3, -0.25) is 4.79 Å². The molecule has 0 N–H and O–H groups in total. The van der Waals surface area contributed by atoms with Crippen molar-refractivity contribution >= 4 is 11.7 Å². The highest BCUT2D eigenvalue weighted by Crippen LogP contribution is 2.33. The number of nitrogens with zero attached hydrogens (tertiary/aromatic N) is 4. The minimum absolute atomic E-state index is 0.0226. The summed E-state index contributed by atoms with van der Waals surface area (Å²) in [5.41, 5.74) is 3.84. The van der Waals surface area contributed by atoms with Crippen molar-refractivity contribution in [2.75, 3.05) is 24.5 Å². The molecular formula is C23H24N4O3. The first kappa shape index (κ1) is 19.8. The van der Waals surface area contributed by atoms with E-state index in [9.17, 15) is 10.1 Å². The number of carbonyl (C=O) groups excluding carboxylic acids is 1. The van der Waals surface area contributed by atoms with Crippen LogP contribution >= 0.6 is 0 Å². The van der Waals surface area contributed by atoms with Gasteiger partial charge in [0.05, 0.1) is 35.6 Å². The number of piperazine rings is 1. The van der Waals surface area contributed by atoms with Gasteiger partial charge in [-0.25, -0.2) is 4.98 Å². The number of anilines is 1. The molecule has 1 aliphatic rings. The normalized spacial score (nSPS) is 16.7. The predicted molar refractivity (Wildman–Crippen MR) is 112 cm³/mol. The molecule has 7 nitrogen and oxygen atoms in total. The molecule has 0 radical (unpaired) electrons. The van der Waals surface area contributed by atoms with E-state index in [1.807, 2.05) is 24.0 Å². The summed E-state index contributed by atoms with van der Waals surface area (Å²) < 4.78 is 10.3. The van der Waals surface area contributed by atoms with Gasteiger partial charge in [0, 0.05) is 36.8 Å². The third-order valence-corrected chi connectivity index (χ3v) is 5.49. The Hall–Kier alpha value is -3.53. The molecule has 4 heterocycles. The molecule has 0 saturated carbocycles. The van der Waals surface area contributed by atoms with Gasteiger partial charge >= 0.3 is 0 Å². The van der Waals surface area contributed by atoms with Crippen molar-refractivity contribution in [1.29, 1.82) is 5.26 Å². The van der Waals surface area contributed by atoms with E-state index < -0.39 is 0 Å². The molecule has 3 aromatic rings. The van der Waals surface area contributed by atoms with Gasteiger partial charge in [0.1, 0.15) is 18.2 Å². The molecule has 1 aliphatic heterocycles. The predicted octanol–water partition coefficient (Wildman–Crippen LogP) is 4.28. The number of hydrogen-bond acceptors (Lipinski definition) is 6. The van der Waals surface area contributed by atoms with Gasteiger partial charge in [-0.15, -0.1) is 0 Å². The summed E-state index contributed by atoms with van der Waals surface area (Å²) in [5, 5.41) is 9.82.